The Morgan fingerprint density at radius 1 is 1.14 bits per heavy atom. The average molecular weight is 408 g/mol. The summed E-state index contributed by atoms with van der Waals surface area (Å²) in [5.41, 5.74) is 5.35. The molecule has 6 nitrogen and oxygen atoms in total. The van der Waals surface area contributed by atoms with Gasteiger partial charge >= 0.3 is 12.1 Å². The number of aryl methyl sites for hydroxylation is 1. The number of hydrogen-bond acceptors (Lipinski definition) is 5. The lowest BCUT2D eigenvalue weighted by Gasteiger charge is -2.18. The van der Waals surface area contributed by atoms with E-state index in [0.29, 0.717) is 4.88 Å². The van der Waals surface area contributed by atoms with Gasteiger partial charge in [-0.25, -0.2) is 4.79 Å². The fourth-order valence-corrected chi connectivity index (χ4v) is 4.52. The molecule has 0 fully saturated rings. The summed E-state index contributed by atoms with van der Waals surface area (Å²) in [6, 6.07) is 17.3. The predicted octanol–water partition coefficient (Wildman–Crippen LogP) is 4.51. The number of hydrogen-bond donors (Lipinski definition) is 2. The number of carbonyl (C=O) groups is 2. The molecular weight excluding hydrogens is 388 g/mol. The molecule has 1 amide bonds. The largest absolute Gasteiger partial charge is 0.481 e. The maximum Gasteiger partial charge on any atom is 0.407 e. The minimum absolute atomic E-state index is 0.0447. The highest BCUT2D eigenvalue weighted by atomic mass is 32.1. The van der Waals surface area contributed by atoms with E-state index in [1.807, 2.05) is 31.2 Å². The van der Waals surface area contributed by atoms with Crippen LogP contribution in [-0.2, 0) is 9.53 Å². The van der Waals surface area contributed by atoms with Crippen LogP contribution in [-0.4, -0.2) is 28.1 Å². The predicted molar refractivity (Wildman–Crippen MR) is 110 cm³/mol. The van der Waals surface area contributed by atoms with Crippen molar-refractivity contribution in [1.29, 1.82) is 0 Å². The van der Waals surface area contributed by atoms with Crippen molar-refractivity contribution in [3.63, 3.8) is 0 Å². The van der Waals surface area contributed by atoms with Gasteiger partial charge in [-0.1, -0.05) is 48.5 Å². The van der Waals surface area contributed by atoms with Gasteiger partial charge in [0.1, 0.15) is 6.61 Å². The van der Waals surface area contributed by atoms with Crippen LogP contribution >= 0.6 is 11.5 Å². The van der Waals surface area contributed by atoms with Crippen LogP contribution in [0, 0.1) is 6.92 Å². The molecule has 2 N–H and O–H groups in total. The number of alkyl carbamates (subject to hydrolysis) is 1. The zero-order chi connectivity index (χ0) is 20.4. The van der Waals surface area contributed by atoms with Gasteiger partial charge in [-0.2, -0.15) is 4.37 Å². The smallest absolute Gasteiger partial charge is 0.407 e. The molecule has 0 saturated carbocycles. The lowest BCUT2D eigenvalue weighted by atomic mass is 9.98. The van der Waals surface area contributed by atoms with Crippen LogP contribution in [0.3, 0.4) is 0 Å². The van der Waals surface area contributed by atoms with E-state index in [9.17, 15) is 14.7 Å². The number of rotatable bonds is 6. The van der Waals surface area contributed by atoms with Crippen molar-refractivity contribution >= 4 is 23.6 Å². The Morgan fingerprint density at radius 3 is 2.31 bits per heavy atom. The molecule has 0 aliphatic heterocycles. The first-order chi connectivity index (χ1) is 14.0. The van der Waals surface area contributed by atoms with Crippen LogP contribution in [0.25, 0.3) is 11.1 Å². The van der Waals surface area contributed by atoms with E-state index < -0.39 is 18.1 Å². The third-order valence-electron chi connectivity index (χ3n) is 5.00. The Bertz CT molecular complexity index is 1020. The van der Waals surface area contributed by atoms with Gasteiger partial charge < -0.3 is 15.2 Å². The van der Waals surface area contributed by atoms with Gasteiger partial charge in [0.25, 0.3) is 0 Å². The summed E-state index contributed by atoms with van der Waals surface area (Å²) in [6.45, 7) is 2.01. The third kappa shape index (κ3) is 4.00. The summed E-state index contributed by atoms with van der Waals surface area (Å²) in [7, 11) is 0. The minimum Gasteiger partial charge on any atom is -0.481 e. The molecule has 29 heavy (non-hydrogen) atoms. The normalized spacial score (nSPS) is 13.4. The molecule has 1 aliphatic carbocycles. The number of aromatic nitrogens is 1. The molecule has 0 radical (unpaired) electrons. The summed E-state index contributed by atoms with van der Waals surface area (Å²) in [4.78, 5) is 24.4. The van der Waals surface area contributed by atoms with Crippen LogP contribution in [0.15, 0.2) is 54.6 Å². The molecule has 2 aromatic carbocycles. The van der Waals surface area contributed by atoms with Crippen molar-refractivity contribution in [2.24, 2.45) is 0 Å². The van der Waals surface area contributed by atoms with Gasteiger partial charge in [0.2, 0.25) is 0 Å². The maximum atomic E-state index is 12.5. The summed E-state index contributed by atoms with van der Waals surface area (Å²) >= 11 is 1.18. The van der Waals surface area contributed by atoms with Gasteiger partial charge in [0, 0.05) is 10.8 Å². The first-order valence-electron chi connectivity index (χ1n) is 9.29. The average Bonchev–Trinajstić information content (AvgIpc) is 3.27. The van der Waals surface area contributed by atoms with Crippen molar-refractivity contribution in [2.75, 3.05) is 6.61 Å². The fourth-order valence-electron chi connectivity index (χ4n) is 3.73. The van der Waals surface area contributed by atoms with Crippen LogP contribution in [0.2, 0.25) is 0 Å². The molecule has 4 rings (SSSR count). The number of nitrogens with one attached hydrogen (secondary N) is 1. The lowest BCUT2D eigenvalue weighted by Crippen LogP contribution is -2.31. The van der Waals surface area contributed by atoms with Gasteiger partial charge in [-0.3, -0.25) is 4.79 Å². The molecule has 1 aromatic heterocycles. The topological polar surface area (TPSA) is 88.5 Å². The Hall–Kier alpha value is -3.19. The number of carboxylic acids is 1. The van der Waals surface area contributed by atoms with Gasteiger partial charge in [-0.15, -0.1) is 0 Å². The van der Waals surface area contributed by atoms with Crippen LogP contribution < -0.4 is 5.32 Å². The first-order valence-corrected chi connectivity index (χ1v) is 10.1. The molecule has 0 spiro atoms. The van der Waals surface area contributed by atoms with E-state index in [0.717, 1.165) is 27.9 Å². The number of fused-ring (bicyclic) bond motifs is 3. The highest BCUT2D eigenvalue weighted by Crippen LogP contribution is 2.44. The number of ether oxygens (including phenoxy) is 1. The van der Waals surface area contributed by atoms with Crippen LogP contribution in [0.1, 0.15) is 40.1 Å². The second-order valence-corrected chi connectivity index (χ2v) is 7.83. The number of benzene rings is 2. The molecule has 1 unspecified atom stereocenters. The molecule has 1 atom stereocenters. The fraction of sp³-hybridized carbons (Fsp3) is 0.227. The molecule has 3 aromatic rings. The second-order valence-electron chi connectivity index (χ2n) is 6.99. The summed E-state index contributed by atoms with van der Waals surface area (Å²) in [5, 5.41) is 11.9. The molecule has 0 bridgehead atoms. The number of carbonyl (C=O) groups excluding carboxylic acids is 1. The van der Waals surface area contributed by atoms with E-state index in [1.165, 1.54) is 11.5 Å². The second kappa shape index (κ2) is 8.05. The van der Waals surface area contributed by atoms with E-state index in [2.05, 4.69) is 34.0 Å². The van der Waals surface area contributed by atoms with E-state index in [1.54, 1.807) is 6.07 Å². The van der Waals surface area contributed by atoms with Crippen LogP contribution in [0.4, 0.5) is 4.79 Å². The van der Waals surface area contributed by atoms with Crippen molar-refractivity contribution in [3.05, 3.63) is 76.3 Å². The van der Waals surface area contributed by atoms with Crippen molar-refractivity contribution < 1.29 is 19.4 Å². The number of amides is 1. The quantitative estimate of drug-likeness (QED) is 0.627. The third-order valence-corrected chi connectivity index (χ3v) is 6.00. The standard InChI is InChI=1S/C22H20N2O4S/c1-13-10-20(29-24-13)19(11-21(25)26)23-22(27)28-12-18-16-8-4-2-6-14(16)15-7-3-5-9-17(15)18/h2-10,18-19H,11-12H2,1H3,(H,23,27)(H,25,26). The molecule has 148 valence electrons. The molecule has 0 saturated heterocycles. The van der Waals surface area contributed by atoms with E-state index in [4.69, 9.17) is 4.74 Å². The van der Waals surface area contributed by atoms with Gasteiger partial charge in [0.05, 0.1) is 18.2 Å². The highest BCUT2D eigenvalue weighted by molar-refractivity contribution is 7.05. The summed E-state index contributed by atoms with van der Waals surface area (Å²) in [6.07, 6.45) is -0.865. The Labute approximate surface area is 172 Å². The van der Waals surface area contributed by atoms with Crippen molar-refractivity contribution in [1.82, 2.24) is 9.69 Å². The number of carboxylic acid groups (broad SMARTS) is 1. The SMILES string of the molecule is Cc1cc(C(CC(=O)O)NC(=O)OCC2c3ccccc3-c3ccccc32)sn1. The minimum atomic E-state index is -1.000. The molecule has 7 heteroatoms. The van der Waals surface area contributed by atoms with Crippen molar-refractivity contribution in [2.45, 2.75) is 25.3 Å². The summed E-state index contributed by atoms with van der Waals surface area (Å²) < 4.78 is 9.69. The molecule has 1 heterocycles. The molecule has 1 aliphatic rings. The Morgan fingerprint density at radius 2 is 1.76 bits per heavy atom. The monoisotopic (exact) mass is 408 g/mol. The first kappa shape index (κ1) is 19.1. The van der Waals surface area contributed by atoms with Crippen LogP contribution in [0.5, 0.6) is 0 Å². The summed E-state index contributed by atoms with van der Waals surface area (Å²) in [5.74, 6) is -1.04. The van der Waals surface area contributed by atoms with Gasteiger partial charge in [-0.05, 0) is 46.8 Å². The highest BCUT2D eigenvalue weighted by Gasteiger charge is 2.29. The lowest BCUT2D eigenvalue weighted by molar-refractivity contribution is -0.137. The van der Waals surface area contributed by atoms with E-state index >= 15 is 0 Å². The maximum absolute atomic E-state index is 12.5. The zero-order valence-electron chi connectivity index (χ0n) is 15.8. The van der Waals surface area contributed by atoms with E-state index in [-0.39, 0.29) is 18.9 Å². The number of aliphatic carboxylic acids is 1. The Balaban J connectivity index is 1.47. The zero-order valence-corrected chi connectivity index (χ0v) is 16.6. The van der Waals surface area contributed by atoms with Gasteiger partial charge in [0.15, 0.2) is 0 Å². The Kier molecular flexibility index (Phi) is 5.31. The molecular formula is C22H20N2O4S. The number of nitrogens with zero attached hydrogens (tertiary/aromatic N) is 1. The van der Waals surface area contributed by atoms with Crippen molar-refractivity contribution in [3.8, 4) is 11.1 Å².